The van der Waals surface area contributed by atoms with Crippen LogP contribution in [-0.4, -0.2) is 13.1 Å². The molecule has 3 nitrogen and oxygen atoms in total. The van der Waals surface area contributed by atoms with Crippen LogP contribution in [0.1, 0.15) is 28.9 Å². The zero-order chi connectivity index (χ0) is 10.7. The minimum atomic E-state index is -0.690. The van der Waals surface area contributed by atoms with Crippen LogP contribution in [0.5, 0.6) is 0 Å². The van der Waals surface area contributed by atoms with Crippen molar-refractivity contribution in [3.05, 3.63) is 35.1 Å². The fraction of sp³-hybridized carbons (Fsp3) is 0.300. The maximum absolute atomic E-state index is 13.1. The molecule has 0 spiro atoms. The molecule has 0 aliphatic heterocycles. The molecular weight excluding hydrogens is 185 g/mol. The lowest BCUT2D eigenvalue weighted by molar-refractivity contribution is 0.0595. The number of halogens is 1. The highest BCUT2D eigenvalue weighted by Crippen LogP contribution is 2.15. The molecule has 1 atom stereocenters. The highest BCUT2D eigenvalue weighted by molar-refractivity contribution is 5.89. The van der Waals surface area contributed by atoms with Gasteiger partial charge in [0.25, 0.3) is 0 Å². The van der Waals surface area contributed by atoms with Crippen molar-refractivity contribution in [2.24, 2.45) is 5.73 Å². The minimum absolute atomic E-state index is 0.0812. The van der Waals surface area contributed by atoms with Crippen molar-refractivity contribution < 1.29 is 13.9 Å². The van der Waals surface area contributed by atoms with Gasteiger partial charge < -0.3 is 10.5 Å². The topological polar surface area (TPSA) is 52.3 Å². The van der Waals surface area contributed by atoms with Crippen LogP contribution >= 0.6 is 0 Å². The van der Waals surface area contributed by atoms with E-state index in [4.69, 9.17) is 5.73 Å². The maximum Gasteiger partial charge on any atom is 0.340 e. The predicted octanol–water partition coefficient (Wildman–Crippen LogP) is 1.63. The zero-order valence-corrected chi connectivity index (χ0v) is 8.08. The summed E-state index contributed by atoms with van der Waals surface area (Å²) < 4.78 is 17.6. The van der Waals surface area contributed by atoms with Crippen LogP contribution < -0.4 is 5.73 Å². The van der Waals surface area contributed by atoms with Gasteiger partial charge in [0.05, 0.1) is 12.7 Å². The lowest BCUT2D eigenvalue weighted by Crippen LogP contribution is -2.09. The smallest absolute Gasteiger partial charge is 0.340 e. The van der Waals surface area contributed by atoms with Crippen LogP contribution in [0.15, 0.2) is 18.2 Å². The van der Waals surface area contributed by atoms with Gasteiger partial charge in [0, 0.05) is 6.04 Å². The average Bonchev–Trinajstić information content (AvgIpc) is 2.17. The van der Waals surface area contributed by atoms with Crippen LogP contribution in [0.4, 0.5) is 4.39 Å². The summed E-state index contributed by atoms with van der Waals surface area (Å²) in [7, 11) is 1.21. The predicted molar refractivity (Wildman–Crippen MR) is 50.3 cm³/mol. The fourth-order valence-electron chi connectivity index (χ4n) is 1.09. The second-order valence-corrected chi connectivity index (χ2v) is 3.02. The first-order chi connectivity index (χ1) is 6.56. The van der Waals surface area contributed by atoms with Gasteiger partial charge in [-0.2, -0.15) is 0 Å². The van der Waals surface area contributed by atoms with Crippen molar-refractivity contribution in [1.29, 1.82) is 0 Å². The summed E-state index contributed by atoms with van der Waals surface area (Å²) in [5.41, 5.74) is 6.22. The molecular formula is C10H12FNO2. The summed E-state index contributed by atoms with van der Waals surface area (Å²) in [4.78, 5) is 11.1. The Balaban J connectivity index is 3.15. The van der Waals surface area contributed by atoms with E-state index in [2.05, 4.69) is 4.74 Å². The van der Waals surface area contributed by atoms with Gasteiger partial charge in [-0.15, -0.1) is 0 Å². The Morgan fingerprint density at radius 1 is 1.57 bits per heavy atom. The average molecular weight is 197 g/mol. The van der Waals surface area contributed by atoms with Gasteiger partial charge in [0.1, 0.15) is 5.82 Å². The molecule has 14 heavy (non-hydrogen) atoms. The number of carbonyl (C=O) groups is 1. The largest absolute Gasteiger partial charge is 0.465 e. The molecule has 0 amide bonds. The molecule has 2 N–H and O–H groups in total. The van der Waals surface area contributed by atoms with Gasteiger partial charge in [-0.3, -0.25) is 0 Å². The number of carbonyl (C=O) groups excluding carboxylic acids is 1. The van der Waals surface area contributed by atoms with E-state index in [9.17, 15) is 9.18 Å². The molecule has 0 aliphatic carbocycles. The van der Waals surface area contributed by atoms with E-state index in [1.807, 2.05) is 0 Å². The fourth-order valence-corrected chi connectivity index (χ4v) is 1.09. The highest BCUT2D eigenvalue weighted by atomic mass is 19.1. The first-order valence-electron chi connectivity index (χ1n) is 4.19. The summed E-state index contributed by atoms with van der Waals surface area (Å²) in [5.74, 6) is -1.29. The molecule has 1 aromatic carbocycles. The van der Waals surface area contributed by atoms with E-state index in [1.165, 1.54) is 19.2 Å². The molecule has 0 fully saturated rings. The van der Waals surface area contributed by atoms with Crippen LogP contribution in [0, 0.1) is 5.82 Å². The summed E-state index contributed by atoms with van der Waals surface area (Å²) in [6.07, 6.45) is 0. The molecule has 76 valence electrons. The molecule has 0 bridgehead atoms. The second kappa shape index (κ2) is 4.19. The normalized spacial score (nSPS) is 12.3. The summed E-state index contributed by atoms with van der Waals surface area (Å²) in [6.45, 7) is 1.76. The van der Waals surface area contributed by atoms with Gasteiger partial charge in [0.2, 0.25) is 0 Å². The Kier molecular flexibility index (Phi) is 3.19. The number of rotatable bonds is 2. The van der Waals surface area contributed by atoms with E-state index in [-0.39, 0.29) is 11.6 Å². The first kappa shape index (κ1) is 10.7. The van der Waals surface area contributed by atoms with Crippen molar-refractivity contribution >= 4 is 5.97 Å². The monoisotopic (exact) mass is 197 g/mol. The van der Waals surface area contributed by atoms with Gasteiger partial charge in [0.15, 0.2) is 0 Å². The number of nitrogens with two attached hydrogens (primary N) is 1. The van der Waals surface area contributed by atoms with Crippen LogP contribution in [0.25, 0.3) is 0 Å². The third-order valence-electron chi connectivity index (χ3n) is 1.92. The number of hydrogen-bond acceptors (Lipinski definition) is 3. The molecule has 0 radical (unpaired) electrons. The van der Waals surface area contributed by atoms with Gasteiger partial charge in [-0.05, 0) is 24.6 Å². The quantitative estimate of drug-likeness (QED) is 0.733. The van der Waals surface area contributed by atoms with E-state index < -0.39 is 11.8 Å². The number of ether oxygens (including phenoxy) is 1. The summed E-state index contributed by atoms with van der Waals surface area (Å²) >= 11 is 0. The van der Waals surface area contributed by atoms with Crippen molar-refractivity contribution in [2.75, 3.05) is 7.11 Å². The number of esters is 1. The molecule has 1 rings (SSSR count). The van der Waals surface area contributed by atoms with Crippen molar-refractivity contribution in [2.45, 2.75) is 13.0 Å². The van der Waals surface area contributed by atoms with E-state index in [1.54, 1.807) is 13.0 Å². The Labute approximate surface area is 81.7 Å². The highest BCUT2D eigenvalue weighted by Gasteiger charge is 2.13. The third kappa shape index (κ3) is 2.09. The second-order valence-electron chi connectivity index (χ2n) is 3.02. The maximum atomic E-state index is 13.1. The number of methoxy groups -OCH3 is 1. The Morgan fingerprint density at radius 2 is 2.21 bits per heavy atom. The Bertz CT molecular complexity index is 350. The molecule has 0 saturated carbocycles. The minimum Gasteiger partial charge on any atom is -0.465 e. The van der Waals surface area contributed by atoms with Gasteiger partial charge in [-0.25, -0.2) is 9.18 Å². The van der Waals surface area contributed by atoms with Crippen molar-refractivity contribution in [1.82, 2.24) is 0 Å². The van der Waals surface area contributed by atoms with Crippen LogP contribution in [0.3, 0.4) is 0 Å². The van der Waals surface area contributed by atoms with Crippen molar-refractivity contribution in [3.8, 4) is 0 Å². The number of benzene rings is 1. The van der Waals surface area contributed by atoms with E-state index >= 15 is 0 Å². The molecule has 0 aliphatic rings. The van der Waals surface area contributed by atoms with Gasteiger partial charge >= 0.3 is 5.97 Å². The molecule has 1 aromatic rings. The van der Waals surface area contributed by atoms with E-state index in [0.29, 0.717) is 5.56 Å². The third-order valence-corrected chi connectivity index (χ3v) is 1.92. The number of hydrogen-bond donors (Lipinski definition) is 1. The molecule has 0 aromatic heterocycles. The summed E-state index contributed by atoms with van der Waals surface area (Å²) in [5, 5.41) is 0. The lowest BCUT2D eigenvalue weighted by Gasteiger charge is -2.07. The molecule has 0 heterocycles. The van der Waals surface area contributed by atoms with Crippen LogP contribution in [0.2, 0.25) is 0 Å². The first-order valence-corrected chi connectivity index (χ1v) is 4.19. The molecule has 0 unspecified atom stereocenters. The SMILES string of the molecule is COC(=O)c1cc([C@@H](C)N)ccc1F. The molecule has 0 saturated heterocycles. The summed E-state index contributed by atoms with van der Waals surface area (Å²) in [6, 6.07) is 3.93. The van der Waals surface area contributed by atoms with Crippen molar-refractivity contribution in [3.63, 3.8) is 0 Å². The van der Waals surface area contributed by atoms with Gasteiger partial charge in [-0.1, -0.05) is 6.07 Å². The Morgan fingerprint density at radius 3 is 2.71 bits per heavy atom. The standard InChI is InChI=1S/C10H12FNO2/c1-6(12)7-3-4-9(11)8(5-7)10(13)14-2/h3-6H,12H2,1-2H3/t6-/m1/s1. The van der Waals surface area contributed by atoms with E-state index in [0.717, 1.165) is 0 Å². The molecule has 4 heteroatoms. The Hall–Kier alpha value is -1.42. The lowest BCUT2D eigenvalue weighted by atomic mass is 10.1. The van der Waals surface area contributed by atoms with Crippen LogP contribution in [-0.2, 0) is 4.74 Å². The zero-order valence-electron chi connectivity index (χ0n) is 8.08.